The molecule has 2 aromatic carbocycles. The lowest BCUT2D eigenvalue weighted by molar-refractivity contribution is 0.286. The number of aryl methyl sites for hydroxylation is 1. The monoisotopic (exact) mass is 457 g/mol. The van der Waals surface area contributed by atoms with Gasteiger partial charge in [0, 0.05) is 18.7 Å². The second-order valence-electron chi connectivity index (χ2n) is 7.74. The summed E-state index contributed by atoms with van der Waals surface area (Å²) in [6.45, 7) is 5.05. The van der Waals surface area contributed by atoms with Crippen molar-refractivity contribution in [2.45, 2.75) is 37.5 Å². The highest BCUT2D eigenvalue weighted by atomic mass is 32.2. The van der Waals surface area contributed by atoms with Crippen LogP contribution < -0.4 is 9.47 Å². The predicted molar refractivity (Wildman–Crippen MR) is 119 cm³/mol. The Morgan fingerprint density at radius 1 is 1.16 bits per heavy atom. The summed E-state index contributed by atoms with van der Waals surface area (Å²) < 4.78 is 44.7. The number of nitrogens with zero attached hydrogens (tertiary/aromatic N) is 3. The van der Waals surface area contributed by atoms with Crippen molar-refractivity contribution < 1.29 is 22.3 Å². The summed E-state index contributed by atoms with van der Waals surface area (Å²) in [6, 6.07) is 12.3. The molecule has 0 unspecified atom stereocenters. The van der Waals surface area contributed by atoms with E-state index < -0.39 is 10.0 Å². The van der Waals surface area contributed by atoms with E-state index in [9.17, 15) is 8.42 Å². The van der Waals surface area contributed by atoms with Crippen molar-refractivity contribution >= 4 is 10.0 Å². The first-order valence-electron chi connectivity index (χ1n) is 10.6. The zero-order valence-corrected chi connectivity index (χ0v) is 19.3. The molecule has 0 N–H and O–H groups in total. The van der Waals surface area contributed by atoms with Crippen LogP contribution in [0.2, 0.25) is 0 Å². The first-order chi connectivity index (χ1) is 15.4. The van der Waals surface area contributed by atoms with Crippen LogP contribution in [0.1, 0.15) is 37.1 Å². The molecule has 32 heavy (non-hydrogen) atoms. The minimum atomic E-state index is -3.64. The van der Waals surface area contributed by atoms with Crippen molar-refractivity contribution in [1.29, 1.82) is 0 Å². The first-order valence-corrected chi connectivity index (χ1v) is 12.1. The zero-order chi connectivity index (χ0) is 22.7. The molecule has 0 amide bonds. The molecular weight excluding hydrogens is 430 g/mol. The summed E-state index contributed by atoms with van der Waals surface area (Å²) in [5, 5.41) is 8.37. The van der Waals surface area contributed by atoms with Crippen LogP contribution in [0.5, 0.6) is 11.5 Å². The van der Waals surface area contributed by atoms with Crippen LogP contribution in [-0.2, 0) is 10.0 Å². The van der Waals surface area contributed by atoms with E-state index in [0.717, 1.165) is 29.7 Å². The van der Waals surface area contributed by atoms with Crippen LogP contribution >= 0.6 is 0 Å². The van der Waals surface area contributed by atoms with Crippen molar-refractivity contribution in [1.82, 2.24) is 14.5 Å². The molecule has 170 valence electrons. The van der Waals surface area contributed by atoms with Gasteiger partial charge < -0.3 is 13.9 Å². The maximum absolute atomic E-state index is 13.3. The van der Waals surface area contributed by atoms with E-state index in [0.29, 0.717) is 37.2 Å². The first kappa shape index (κ1) is 22.3. The number of piperidine rings is 1. The quantitative estimate of drug-likeness (QED) is 0.529. The highest BCUT2D eigenvalue weighted by molar-refractivity contribution is 7.89. The van der Waals surface area contributed by atoms with Gasteiger partial charge in [0.1, 0.15) is 11.5 Å². The third-order valence-electron chi connectivity index (χ3n) is 5.59. The largest absolute Gasteiger partial charge is 0.497 e. The van der Waals surface area contributed by atoms with E-state index >= 15 is 0 Å². The van der Waals surface area contributed by atoms with Gasteiger partial charge in [-0.2, -0.15) is 4.31 Å². The van der Waals surface area contributed by atoms with Gasteiger partial charge in [0.05, 0.1) is 24.5 Å². The van der Waals surface area contributed by atoms with Crippen molar-refractivity contribution in [2.24, 2.45) is 0 Å². The van der Waals surface area contributed by atoms with Gasteiger partial charge in [0.2, 0.25) is 21.8 Å². The Bertz CT molecular complexity index is 1170. The van der Waals surface area contributed by atoms with Gasteiger partial charge in [-0.05, 0) is 74.7 Å². The number of sulfonamides is 1. The van der Waals surface area contributed by atoms with Crippen LogP contribution in [-0.4, -0.2) is 49.7 Å². The Labute approximate surface area is 188 Å². The van der Waals surface area contributed by atoms with E-state index in [2.05, 4.69) is 10.2 Å². The minimum Gasteiger partial charge on any atom is -0.497 e. The Morgan fingerprint density at radius 3 is 2.62 bits per heavy atom. The predicted octanol–water partition coefficient (Wildman–Crippen LogP) is 4.02. The molecule has 1 aliphatic rings. The highest BCUT2D eigenvalue weighted by Crippen LogP contribution is 2.32. The average Bonchev–Trinajstić information content (AvgIpc) is 3.31. The summed E-state index contributed by atoms with van der Waals surface area (Å²) in [6.07, 6.45) is 1.51. The molecule has 1 aliphatic heterocycles. The average molecular weight is 458 g/mol. The lowest BCUT2D eigenvalue weighted by atomic mass is 10.00. The van der Waals surface area contributed by atoms with E-state index in [1.807, 2.05) is 38.1 Å². The topological polar surface area (TPSA) is 94.8 Å². The second-order valence-corrected chi connectivity index (χ2v) is 9.67. The lowest BCUT2D eigenvalue weighted by Gasteiger charge is -2.30. The van der Waals surface area contributed by atoms with E-state index in [1.165, 1.54) is 4.31 Å². The molecule has 0 bridgehead atoms. The fourth-order valence-electron chi connectivity index (χ4n) is 3.86. The SMILES string of the molecule is CCOc1ccc(S(=O)(=O)N2CCC[C@@H](c3nnc(-c4ccc(OC)cc4)o3)C2)cc1C. The van der Waals surface area contributed by atoms with Gasteiger partial charge in [0.25, 0.3) is 0 Å². The molecule has 4 rings (SSSR count). The molecule has 8 nitrogen and oxygen atoms in total. The molecule has 1 aromatic heterocycles. The highest BCUT2D eigenvalue weighted by Gasteiger charge is 2.33. The second kappa shape index (κ2) is 9.30. The van der Waals surface area contributed by atoms with E-state index in [1.54, 1.807) is 25.3 Å². The number of aromatic nitrogens is 2. The number of hydrogen-bond acceptors (Lipinski definition) is 7. The molecule has 0 radical (unpaired) electrons. The molecule has 0 aliphatic carbocycles. The third-order valence-corrected chi connectivity index (χ3v) is 7.46. The maximum atomic E-state index is 13.3. The van der Waals surface area contributed by atoms with Gasteiger partial charge in [0.15, 0.2) is 0 Å². The minimum absolute atomic E-state index is 0.151. The molecule has 9 heteroatoms. The smallest absolute Gasteiger partial charge is 0.247 e. The summed E-state index contributed by atoms with van der Waals surface area (Å²) in [5.41, 5.74) is 1.58. The number of ether oxygens (including phenoxy) is 2. The summed E-state index contributed by atoms with van der Waals surface area (Å²) in [4.78, 5) is 0.267. The fraction of sp³-hybridized carbons (Fsp3) is 0.391. The Kier molecular flexibility index (Phi) is 6.48. The Hall–Kier alpha value is -2.91. The molecule has 0 saturated carbocycles. The van der Waals surface area contributed by atoms with Crippen molar-refractivity contribution in [3.8, 4) is 23.0 Å². The van der Waals surface area contributed by atoms with Crippen LogP contribution in [0.25, 0.3) is 11.5 Å². The number of hydrogen-bond donors (Lipinski definition) is 0. The Morgan fingerprint density at radius 2 is 1.94 bits per heavy atom. The zero-order valence-electron chi connectivity index (χ0n) is 18.4. The Balaban J connectivity index is 1.52. The van der Waals surface area contributed by atoms with Gasteiger partial charge in [-0.1, -0.05) is 0 Å². The number of rotatable bonds is 7. The van der Waals surface area contributed by atoms with Crippen molar-refractivity contribution in [3.05, 3.63) is 53.9 Å². The standard InChI is InChI=1S/C23H27N3O5S/c1-4-30-21-12-11-20(14-16(21)2)32(27,28)26-13-5-6-18(15-26)23-25-24-22(31-23)17-7-9-19(29-3)10-8-17/h7-12,14,18H,4-6,13,15H2,1-3H3/t18-/m1/s1. The number of benzene rings is 2. The third kappa shape index (κ3) is 4.49. The van der Waals surface area contributed by atoms with Crippen LogP contribution in [0.3, 0.4) is 0 Å². The molecule has 1 saturated heterocycles. The number of methoxy groups -OCH3 is 1. The van der Waals surface area contributed by atoms with Crippen molar-refractivity contribution in [2.75, 3.05) is 26.8 Å². The van der Waals surface area contributed by atoms with Crippen LogP contribution in [0.15, 0.2) is 51.8 Å². The van der Waals surface area contributed by atoms with Gasteiger partial charge in [-0.15, -0.1) is 10.2 Å². The van der Waals surface area contributed by atoms with Crippen LogP contribution in [0.4, 0.5) is 0 Å². The maximum Gasteiger partial charge on any atom is 0.247 e. The molecule has 1 fully saturated rings. The molecule has 0 spiro atoms. The summed E-state index contributed by atoms with van der Waals surface area (Å²) in [5.74, 6) is 2.15. The van der Waals surface area contributed by atoms with Crippen LogP contribution in [0, 0.1) is 6.92 Å². The van der Waals surface area contributed by atoms with E-state index in [-0.39, 0.29) is 10.8 Å². The van der Waals surface area contributed by atoms with Crippen molar-refractivity contribution in [3.63, 3.8) is 0 Å². The fourth-order valence-corrected chi connectivity index (χ4v) is 5.47. The van der Waals surface area contributed by atoms with Gasteiger partial charge >= 0.3 is 0 Å². The summed E-state index contributed by atoms with van der Waals surface area (Å²) in [7, 11) is -2.03. The van der Waals surface area contributed by atoms with E-state index in [4.69, 9.17) is 13.9 Å². The normalized spacial score (nSPS) is 17.3. The molecule has 1 atom stereocenters. The molecule has 2 heterocycles. The molecular formula is C23H27N3O5S. The molecule has 3 aromatic rings. The van der Waals surface area contributed by atoms with Gasteiger partial charge in [-0.25, -0.2) is 8.42 Å². The summed E-state index contributed by atoms with van der Waals surface area (Å²) >= 11 is 0. The van der Waals surface area contributed by atoms with Gasteiger partial charge in [-0.3, -0.25) is 0 Å². The lowest BCUT2D eigenvalue weighted by Crippen LogP contribution is -2.39.